The summed E-state index contributed by atoms with van der Waals surface area (Å²) in [7, 11) is 0. The minimum atomic E-state index is 0.512. The van der Waals surface area contributed by atoms with Gasteiger partial charge in [0.1, 0.15) is 12.1 Å². The van der Waals surface area contributed by atoms with Gasteiger partial charge in [-0.2, -0.15) is 0 Å². The molecule has 0 unspecified atom stereocenters. The first-order chi connectivity index (χ1) is 16.6. The predicted molar refractivity (Wildman–Crippen MR) is 138 cm³/mol. The van der Waals surface area contributed by atoms with Crippen LogP contribution in [0, 0.1) is 13.8 Å². The molecule has 5 nitrogen and oxygen atoms in total. The lowest BCUT2D eigenvalue weighted by Crippen LogP contribution is -2.35. The number of hydrogen-bond donors (Lipinski definition) is 1. The van der Waals surface area contributed by atoms with Crippen molar-refractivity contribution in [3.05, 3.63) is 71.3 Å². The molecule has 1 saturated heterocycles. The molecule has 4 aromatic rings. The topological polar surface area (TPSA) is 59.9 Å². The smallest absolute Gasteiger partial charge is 0.138 e. The van der Waals surface area contributed by atoms with Crippen molar-refractivity contribution in [2.75, 3.05) is 13.2 Å². The molecule has 0 saturated carbocycles. The molecule has 1 aliphatic heterocycles. The van der Waals surface area contributed by atoms with E-state index < -0.39 is 0 Å². The van der Waals surface area contributed by atoms with Crippen LogP contribution in [-0.4, -0.2) is 34.1 Å². The molecule has 174 valence electrons. The van der Waals surface area contributed by atoms with Crippen LogP contribution in [0.1, 0.15) is 36.8 Å². The fourth-order valence-electron chi connectivity index (χ4n) is 4.80. The number of fused-ring (bicyclic) bond motifs is 1. The van der Waals surface area contributed by atoms with Gasteiger partial charge in [-0.1, -0.05) is 47.3 Å². The number of hydrogen-bond acceptors (Lipinski definition) is 5. The van der Waals surface area contributed by atoms with Gasteiger partial charge in [-0.25, -0.2) is 9.97 Å². The average molecular weight is 473 g/mol. The summed E-state index contributed by atoms with van der Waals surface area (Å²) in [6.45, 7) is 5.97. The van der Waals surface area contributed by atoms with Crippen LogP contribution in [0.3, 0.4) is 0 Å². The second-order valence-corrected chi connectivity index (χ2v) is 9.51. The van der Waals surface area contributed by atoms with E-state index in [2.05, 4.69) is 47.3 Å². The second kappa shape index (κ2) is 10.1. The summed E-state index contributed by atoms with van der Waals surface area (Å²) in [5.74, 6) is 0.845. The van der Waals surface area contributed by atoms with E-state index in [0.717, 1.165) is 52.0 Å². The predicted octanol–water partition coefficient (Wildman–Crippen LogP) is 6.54. The number of rotatable bonds is 6. The zero-order valence-electron chi connectivity index (χ0n) is 19.6. The first-order valence-electron chi connectivity index (χ1n) is 11.9. The summed E-state index contributed by atoms with van der Waals surface area (Å²) < 4.78 is 6.56. The number of benzene rings is 2. The standard InChI is InChI=1S/C28H29ClN4O/c1-18-11-19(2)13-20(12-18)24-16-32-27-15-25(29)22(26-6-9-30-17-33-26)14-23(27)28(24)34-10-7-21-5-3-4-8-31-21/h6,9,11-17,21,31H,3-5,7-8,10H2,1-2H3/t21-/m1/s1. The zero-order valence-corrected chi connectivity index (χ0v) is 20.4. The minimum absolute atomic E-state index is 0.512. The average Bonchev–Trinajstić information content (AvgIpc) is 2.84. The highest BCUT2D eigenvalue weighted by molar-refractivity contribution is 6.34. The summed E-state index contributed by atoms with van der Waals surface area (Å²) in [5.41, 5.74) is 6.95. The number of halogens is 1. The Bertz CT molecular complexity index is 1280. The third kappa shape index (κ3) is 4.91. The monoisotopic (exact) mass is 472 g/mol. The zero-order chi connectivity index (χ0) is 23.5. The third-order valence-electron chi connectivity index (χ3n) is 6.42. The van der Waals surface area contributed by atoms with Gasteiger partial charge in [-0.3, -0.25) is 4.98 Å². The highest BCUT2D eigenvalue weighted by Crippen LogP contribution is 2.40. The van der Waals surface area contributed by atoms with Crippen molar-refractivity contribution in [2.45, 2.75) is 45.6 Å². The molecular weight excluding hydrogens is 444 g/mol. The van der Waals surface area contributed by atoms with E-state index in [0.29, 0.717) is 17.7 Å². The van der Waals surface area contributed by atoms with Crippen molar-refractivity contribution in [3.8, 4) is 28.1 Å². The lowest BCUT2D eigenvalue weighted by atomic mass is 9.98. The quantitative estimate of drug-likeness (QED) is 0.345. The molecule has 0 aliphatic carbocycles. The molecule has 2 aromatic heterocycles. The fourth-order valence-corrected chi connectivity index (χ4v) is 5.06. The minimum Gasteiger partial charge on any atom is -0.492 e. The molecule has 1 atom stereocenters. The first-order valence-corrected chi connectivity index (χ1v) is 12.3. The van der Waals surface area contributed by atoms with E-state index in [-0.39, 0.29) is 0 Å². The van der Waals surface area contributed by atoms with E-state index >= 15 is 0 Å². The Morgan fingerprint density at radius 3 is 2.62 bits per heavy atom. The Hall–Kier alpha value is -3.02. The molecule has 0 spiro atoms. The normalized spacial score (nSPS) is 16.0. The van der Waals surface area contributed by atoms with Crippen molar-refractivity contribution in [3.63, 3.8) is 0 Å². The van der Waals surface area contributed by atoms with Crippen LogP contribution >= 0.6 is 11.6 Å². The van der Waals surface area contributed by atoms with Gasteiger partial charge in [-0.05, 0) is 63.4 Å². The van der Waals surface area contributed by atoms with Gasteiger partial charge in [0.2, 0.25) is 0 Å². The number of piperidine rings is 1. The largest absolute Gasteiger partial charge is 0.492 e. The molecule has 1 N–H and O–H groups in total. The number of aromatic nitrogens is 3. The van der Waals surface area contributed by atoms with Gasteiger partial charge in [0.25, 0.3) is 0 Å². The van der Waals surface area contributed by atoms with Crippen molar-refractivity contribution >= 4 is 22.5 Å². The first kappa shape index (κ1) is 22.8. The number of nitrogens with one attached hydrogen (secondary N) is 1. The van der Waals surface area contributed by atoms with Crippen LogP contribution in [0.25, 0.3) is 33.3 Å². The lowest BCUT2D eigenvalue weighted by Gasteiger charge is -2.24. The van der Waals surface area contributed by atoms with Crippen LogP contribution in [0.2, 0.25) is 5.02 Å². The number of ether oxygens (including phenoxy) is 1. The molecule has 0 radical (unpaired) electrons. The summed E-state index contributed by atoms with van der Waals surface area (Å²) in [6, 6.07) is 12.9. The SMILES string of the molecule is Cc1cc(C)cc(-c2cnc3cc(Cl)c(-c4ccncn4)cc3c2OCC[C@H]2CCCCN2)c1. The maximum atomic E-state index is 6.64. The summed E-state index contributed by atoms with van der Waals surface area (Å²) in [4.78, 5) is 13.2. The second-order valence-electron chi connectivity index (χ2n) is 9.11. The Labute approximate surface area is 205 Å². The molecule has 0 amide bonds. The van der Waals surface area contributed by atoms with Crippen molar-refractivity contribution in [1.29, 1.82) is 0 Å². The van der Waals surface area contributed by atoms with Crippen molar-refractivity contribution < 1.29 is 4.74 Å². The molecule has 5 rings (SSSR count). The fraction of sp³-hybridized carbons (Fsp3) is 0.321. The van der Waals surface area contributed by atoms with E-state index in [4.69, 9.17) is 21.3 Å². The van der Waals surface area contributed by atoms with Gasteiger partial charge < -0.3 is 10.1 Å². The molecule has 1 fully saturated rings. The van der Waals surface area contributed by atoms with E-state index in [1.807, 2.05) is 24.4 Å². The molecule has 3 heterocycles. The highest BCUT2D eigenvalue weighted by atomic mass is 35.5. The maximum Gasteiger partial charge on any atom is 0.138 e. The van der Waals surface area contributed by atoms with Crippen LogP contribution in [0.5, 0.6) is 5.75 Å². The highest BCUT2D eigenvalue weighted by Gasteiger charge is 2.18. The van der Waals surface area contributed by atoms with E-state index in [9.17, 15) is 0 Å². The van der Waals surface area contributed by atoms with Crippen LogP contribution < -0.4 is 10.1 Å². The maximum absolute atomic E-state index is 6.64. The molecule has 2 aromatic carbocycles. The molecule has 0 bridgehead atoms. The molecule has 34 heavy (non-hydrogen) atoms. The Kier molecular flexibility index (Phi) is 6.75. The van der Waals surface area contributed by atoms with Gasteiger partial charge in [0.15, 0.2) is 0 Å². The van der Waals surface area contributed by atoms with Crippen LogP contribution in [0.15, 0.2) is 55.1 Å². The van der Waals surface area contributed by atoms with Crippen molar-refractivity contribution in [1.82, 2.24) is 20.3 Å². The molecule has 1 aliphatic rings. The number of nitrogens with zero attached hydrogens (tertiary/aromatic N) is 3. The Balaban J connectivity index is 1.60. The van der Waals surface area contributed by atoms with Gasteiger partial charge >= 0.3 is 0 Å². The van der Waals surface area contributed by atoms with Gasteiger partial charge in [0, 0.05) is 34.9 Å². The summed E-state index contributed by atoms with van der Waals surface area (Å²) in [5, 5.41) is 5.16. The summed E-state index contributed by atoms with van der Waals surface area (Å²) >= 11 is 6.64. The molecular formula is C28H29ClN4O. The number of pyridine rings is 1. The Morgan fingerprint density at radius 2 is 1.88 bits per heavy atom. The third-order valence-corrected chi connectivity index (χ3v) is 6.74. The number of aryl methyl sites for hydroxylation is 2. The lowest BCUT2D eigenvalue weighted by molar-refractivity contribution is 0.271. The van der Waals surface area contributed by atoms with Crippen LogP contribution in [-0.2, 0) is 0 Å². The Morgan fingerprint density at radius 1 is 1.03 bits per heavy atom. The molecule has 6 heteroatoms. The van der Waals surface area contributed by atoms with Crippen molar-refractivity contribution in [2.24, 2.45) is 0 Å². The van der Waals surface area contributed by atoms with E-state index in [1.54, 1.807) is 6.20 Å². The van der Waals surface area contributed by atoms with Crippen LogP contribution in [0.4, 0.5) is 0 Å². The summed E-state index contributed by atoms with van der Waals surface area (Å²) in [6.07, 6.45) is 9.89. The van der Waals surface area contributed by atoms with Gasteiger partial charge in [-0.15, -0.1) is 0 Å². The van der Waals surface area contributed by atoms with Gasteiger partial charge in [0.05, 0.1) is 22.8 Å². The van der Waals surface area contributed by atoms with E-state index in [1.165, 1.54) is 36.7 Å².